The number of nitrogens with one attached hydrogen (secondary N) is 1. The number of rotatable bonds is 6. The number of halogens is 3. The van der Waals surface area contributed by atoms with Crippen molar-refractivity contribution >= 4 is 11.8 Å². The summed E-state index contributed by atoms with van der Waals surface area (Å²) in [5, 5.41) is 0.571. The molecule has 0 aliphatic carbocycles. The molecule has 0 saturated heterocycles. The van der Waals surface area contributed by atoms with Gasteiger partial charge in [-0.2, -0.15) is 13.2 Å². The van der Waals surface area contributed by atoms with Crippen LogP contribution >= 0.6 is 11.8 Å². The topological polar surface area (TPSA) is 47.1 Å². The van der Waals surface area contributed by atoms with E-state index < -0.39 is 11.7 Å². The minimum Gasteiger partial charge on any atom is -0.497 e. The molecule has 0 aliphatic rings. The second-order valence-corrected chi connectivity index (χ2v) is 7.91. The zero-order valence-corrected chi connectivity index (χ0v) is 18.1. The number of imidazole rings is 1. The van der Waals surface area contributed by atoms with Crippen molar-refractivity contribution in [2.45, 2.75) is 16.2 Å². The van der Waals surface area contributed by atoms with E-state index in [1.54, 1.807) is 14.2 Å². The number of nitrogens with zero attached hydrogens (tertiary/aromatic N) is 1. The highest BCUT2D eigenvalue weighted by atomic mass is 32.2. The number of ether oxygens (including phenoxy) is 2. The van der Waals surface area contributed by atoms with Crippen molar-refractivity contribution in [3.63, 3.8) is 0 Å². The number of aromatic nitrogens is 2. The van der Waals surface area contributed by atoms with E-state index in [2.05, 4.69) is 4.98 Å². The molecule has 0 saturated carbocycles. The Bertz CT molecular complexity index is 1120. The monoisotopic (exact) mass is 456 g/mol. The number of alkyl halides is 3. The average Bonchev–Trinajstić information content (AvgIpc) is 3.22. The minimum atomic E-state index is -4.36. The zero-order chi connectivity index (χ0) is 22.7. The maximum Gasteiger partial charge on any atom is 0.416 e. The lowest BCUT2D eigenvalue weighted by Crippen LogP contribution is -2.03. The summed E-state index contributed by atoms with van der Waals surface area (Å²) in [4.78, 5) is 8.70. The molecule has 0 aliphatic heterocycles. The van der Waals surface area contributed by atoms with Crippen LogP contribution in [-0.2, 0) is 6.18 Å². The summed E-state index contributed by atoms with van der Waals surface area (Å²) in [5.41, 5.74) is 2.63. The lowest BCUT2D eigenvalue weighted by molar-refractivity contribution is -0.137. The molecule has 1 aromatic heterocycles. The molecule has 32 heavy (non-hydrogen) atoms. The fourth-order valence-corrected chi connectivity index (χ4v) is 3.93. The van der Waals surface area contributed by atoms with Crippen LogP contribution in [-0.4, -0.2) is 24.2 Å². The number of hydrogen-bond donors (Lipinski definition) is 1. The van der Waals surface area contributed by atoms with Crippen LogP contribution in [0.15, 0.2) is 82.8 Å². The Labute approximate surface area is 187 Å². The SMILES string of the molecule is COc1ccc(-c2nc(Sc3ccc(C(F)(F)F)cc3)[nH]c2-c2ccc(OC)cc2)cc1. The Balaban J connectivity index is 1.71. The first-order valence-electron chi connectivity index (χ1n) is 9.61. The van der Waals surface area contributed by atoms with Crippen LogP contribution in [0, 0.1) is 0 Å². The first-order valence-corrected chi connectivity index (χ1v) is 10.4. The molecule has 0 amide bonds. The van der Waals surface area contributed by atoms with Crippen LogP contribution in [0.5, 0.6) is 11.5 Å². The largest absolute Gasteiger partial charge is 0.497 e. The Morgan fingerprint density at radius 3 is 1.78 bits per heavy atom. The Hall–Kier alpha value is -3.39. The van der Waals surface area contributed by atoms with Crippen LogP contribution in [0.3, 0.4) is 0 Å². The Morgan fingerprint density at radius 1 is 0.750 bits per heavy atom. The predicted octanol–water partition coefficient (Wildman–Crippen LogP) is 6.93. The standard InChI is InChI=1S/C24H19F3N2O2S/c1-30-18-9-3-15(4-10-18)21-22(16-5-11-19(31-2)12-6-16)29-23(28-21)32-20-13-7-17(8-14-20)24(25,26)27/h3-14H,1-2H3,(H,28,29). The third-order valence-electron chi connectivity index (χ3n) is 4.82. The van der Waals surface area contributed by atoms with Gasteiger partial charge in [0.05, 0.1) is 31.2 Å². The van der Waals surface area contributed by atoms with Crippen molar-refractivity contribution in [3.8, 4) is 34.0 Å². The summed E-state index contributed by atoms with van der Waals surface area (Å²) >= 11 is 1.26. The second kappa shape index (κ2) is 9.00. The zero-order valence-electron chi connectivity index (χ0n) is 17.2. The van der Waals surface area contributed by atoms with Gasteiger partial charge in [0, 0.05) is 16.0 Å². The number of aromatic amines is 1. The van der Waals surface area contributed by atoms with Gasteiger partial charge in [-0.15, -0.1) is 0 Å². The molecule has 1 N–H and O–H groups in total. The van der Waals surface area contributed by atoms with E-state index in [4.69, 9.17) is 14.5 Å². The molecule has 164 valence electrons. The third kappa shape index (κ3) is 4.75. The molecule has 0 fully saturated rings. The van der Waals surface area contributed by atoms with E-state index in [-0.39, 0.29) is 0 Å². The molecular formula is C24H19F3N2O2S. The number of H-pyrrole nitrogens is 1. The normalized spacial score (nSPS) is 11.4. The van der Waals surface area contributed by atoms with Gasteiger partial charge >= 0.3 is 6.18 Å². The van der Waals surface area contributed by atoms with Crippen LogP contribution in [0.4, 0.5) is 13.2 Å². The summed E-state index contributed by atoms with van der Waals surface area (Å²) < 4.78 is 49.0. The lowest BCUT2D eigenvalue weighted by Gasteiger charge is -2.06. The van der Waals surface area contributed by atoms with Crippen molar-refractivity contribution in [1.29, 1.82) is 0 Å². The first-order chi connectivity index (χ1) is 15.4. The van der Waals surface area contributed by atoms with Gasteiger partial charge in [-0.3, -0.25) is 0 Å². The average molecular weight is 456 g/mol. The highest BCUT2D eigenvalue weighted by molar-refractivity contribution is 7.99. The Kier molecular flexibility index (Phi) is 6.14. The quantitative estimate of drug-likeness (QED) is 0.342. The van der Waals surface area contributed by atoms with Gasteiger partial charge in [-0.05, 0) is 72.8 Å². The number of benzene rings is 3. The summed E-state index contributed by atoms with van der Waals surface area (Å²) in [6.07, 6.45) is -4.36. The molecule has 3 aromatic carbocycles. The van der Waals surface area contributed by atoms with Gasteiger partial charge in [0.1, 0.15) is 11.5 Å². The van der Waals surface area contributed by atoms with E-state index in [1.807, 2.05) is 48.5 Å². The second-order valence-electron chi connectivity index (χ2n) is 6.85. The van der Waals surface area contributed by atoms with Crippen LogP contribution in [0.1, 0.15) is 5.56 Å². The molecule has 0 unspecified atom stereocenters. The maximum absolute atomic E-state index is 12.8. The van der Waals surface area contributed by atoms with Crippen molar-refractivity contribution < 1.29 is 22.6 Å². The summed E-state index contributed by atoms with van der Waals surface area (Å²) in [7, 11) is 3.21. The van der Waals surface area contributed by atoms with Gasteiger partial charge in [0.15, 0.2) is 5.16 Å². The molecular weight excluding hydrogens is 437 g/mol. The van der Waals surface area contributed by atoms with E-state index in [9.17, 15) is 13.2 Å². The van der Waals surface area contributed by atoms with E-state index in [1.165, 1.54) is 23.9 Å². The minimum absolute atomic E-state index is 0.571. The van der Waals surface area contributed by atoms with E-state index in [0.29, 0.717) is 10.1 Å². The molecule has 0 bridgehead atoms. The van der Waals surface area contributed by atoms with Crippen LogP contribution in [0.25, 0.3) is 22.5 Å². The van der Waals surface area contributed by atoms with Crippen LogP contribution in [0.2, 0.25) is 0 Å². The molecule has 4 rings (SSSR count). The fourth-order valence-electron chi connectivity index (χ4n) is 3.15. The van der Waals surface area contributed by atoms with Crippen molar-refractivity contribution in [2.24, 2.45) is 0 Å². The van der Waals surface area contributed by atoms with Gasteiger partial charge in [-0.25, -0.2) is 4.98 Å². The van der Waals surface area contributed by atoms with Gasteiger partial charge in [0.25, 0.3) is 0 Å². The third-order valence-corrected chi connectivity index (χ3v) is 5.71. The smallest absolute Gasteiger partial charge is 0.416 e. The fraction of sp³-hybridized carbons (Fsp3) is 0.125. The predicted molar refractivity (Wildman–Crippen MR) is 118 cm³/mol. The molecule has 8 heteroatoms. The van der Waals surface area contributed by atoms with E-state index >= 15 is 0 Å². The molecule has 0 radical (unpaired) electrons. The van der Waals surface area contributed by atoms with Gasteiger partial charge in [0.2, 0.25) is 0 Å². The molecule has 1 heterocycles. The van der Waals surface area contributed by atoms with Crippen molar-refractivity contribution in [3.05, 3.63) is 78.4 Å². The first kappa shape index (κ1) is 21.8. The highest BCUT2D eigenvalue weighted by Crippen LogP contribution is 2.37. The number of methoxy groups -OCH3 is 2. The summed E-state index contributed by atoms with van der Waals surface area (Å²) in [6, 6.07) is 20.1. The Morgan fingerprint density at radius 2 is 1.28 bits per heavy atom. The highest BCUT2D eigenvalue weighted by Gasteiger charge is 2.30. The summed E-state index contributed by atoms with van der Waals surface area (Å²) in [5.74, 6) is 1.47. The van der Waals surface area contributed by atoms with Crippen molar-refractivity contribution in [2.75, 3.05) is 14.2 Å². The van der Waals surface area contributed by atoms with Gasteiger partial charge in [-0.1, -0.05) is 11.8 Å². The molecule has 4 nitrogen and oxygen atoms in total. The molecule has 0 spiro atoms. The number of hydrogen-bond acceptors (Lipinski definition) is 4. The van der Waals surface area contributed by atoms with Crippen molar-refractivity contribution in [1.82, 2.24) is 9.97 Å². The van der Waals surface area contributed by atoms with E-state index in [0.717, 1.165) is 46.1 Å². The molecule has 0 atom stereocenters. The summed E-state index contributed by atoms with van der Waals surface area (Å²) in [6.45, 7) is 0. The maximum atomic E-state index is 12.8. The van der Waals surface area contributed by atoms with Crippen LogP contribution < -0.4 is 9.47 Å². The van der Waals surface area contributed by atoms with Gasteiger partial charge < -0.3 is 14.5 Å². The molecule has 4 aromatic rings. The lowest BCUT2D eigenvalue weighted by atomic mass is 10.0.